The van der Waals surface area contributed by atoms with Crippen molar-refractivity contribution in [2.75, 3.05) is 25.2 Å². The van der Waals surface area contributed by atoms with Gasteiger partial charge in [-0.15, -0.1) is 10.2 Å². The van der Waals surface area contributed by atoms with Gasteiger partial charge in [-0.1, -0.05) is 35.2 Å². The van der Waals surface area contributed by atoms with Crippen molar-refractivity contribution in [2.45, 2.75) is 10.9 Å². The third-order valence-electron chi connectivity index (χ3n) is 2.57. The molecule has 0 fully saturated rings. The molecule has 1 amide bonds. The molecule has 1 aromatic carbocycles. The summed E-state index contributed by atoms with van der Waals surface area (Å²) in [6, 6.07) is 7.61. The molecule has 0 bridgehead atoms. The minimum absolute atomic E-state index is 0.0379. The maximum atomic E-state index is 11.8. The van der Waals surface area contributed by atoms with E-state index < -0.39 is 0 Å². The molecule has 0 saturated heterocycles. The van der Waals surface area contributed by atoms with E-state index in [1.807, 2.05) is 24.3 Å². The third-order valence-corrected chi connectivity index (χ3v) is 4.64. The fraction of sp³-hybridized carbons (Fsp3) is 0.308. The predicted octanol–water partition coefficient (Wildman–Crippen LogP) is 2.00. The molecule has 6 nitrogen and oxygen atoms in total. The highest BCUT2D eigenvalue weighted by Crippen LogP contribution is 2.24. The molecule has 0 aliphatic heterocycles. The summed E-state index contributed by atoms with van der Waals surface area (Å²) in [5, 5.41) is 14.4. The van der Waals surface area contributed by atoms with E-state index in [1.165, 1.54) is 23.1 Å². The van der Waals surface area contributed by atoms with Crippen molar-refractivity contribution < 1.29 is 9.53 Å². The first-order valence-electron chi connectivity index (χ1n) is 6.25. The molecule has 0 aliphatic carbocycles. The summed E-state index contributed by atoms with van der Waals surface area (Å²) in [6.07, 6.45) is 0. The molecule has 2 aromatic rings. The smallest absolute Gasteiger partial charge is 0.230 e. The molecule has 0 saturated carbocycles. The molecular weight excluding hydrogens is 308 g/mol. The number of aromatic nitrogens is 2. The lowest BCUT2D eigenvalue weighted by Gasteiger charge is -2.06. The number of thioether (sulfide) groups is 1. The number of anilines is 1. The van der Waals surface area contributed by atoms with Crippen LogP contribution in [0.5, 0.6) is 5.75 Å². The largest absolute Gasteiger partial charge is 0.497 e. The lowest BCUT2D eigenvalue weighted by Crippen LogP contribution is -2.24. The quantitative estimate of drug-likeness (QED) is 0.759. The van der Waals surface area contributed by atoms with Crippen LogP contribution >= 0.6 is 23.1 Å². The molecule has 0 atom stereocenters. The Kier molecular flexibility index (Phi) is 5.82. The van der Waals surface area contributed by atoms with Gasteiger partial charge in [-0.3, -0.25) is 4.79 Å². The molecule has 0 unspecified atom stereocenters. The molecule has 2 rings (SSSR count). The van der Waals surface area contributed by atoms with Crippen LogP contribution in [0.3, 0.4) is 0 Å². The van der Waals surface area contributed by atoms with Crippen LogP contribution in [0.1, 0.15) is 5.56 Å². The number of rotatable bonds is 7. The van der Waals surface area contributed by atoms with Crippen LogP contribution < -0.4 is 15.4 Å². The van der Waals surface area contributed by atoms with Gasteiger partial charge in [-0.2, -0.15) is 0 Å². The standard InChI is InChI=1S/C13H16N4O2S2/c1-14-12-16-17-13(21-12)20-8-11(18)15-7-9-4-3-5-10(6-9)19-2/h3-6H,7-8H2,1-2H3,(H,14,16)(H,15,18). The number of nitrogens with one attached hydrogen (secondary N) is 2. The van der Waals surface area contributed by atoms with Crippen LogP contribution in [-0.4, -0.2) is 36.0 Å². The topological polar surface area (TPSA) is 76.1 Å². The van der Waals surface area contributed by atoms with Crippen LogP contribution in [0.25, 0.3) is 0 Å². The normalized spacial score (nSPS) is 10.2. The molecule has 2 N–H and O–H groups in total. The summed E-state index contributed by atoms with van der Waals surface area (Å²) in [4.78, 5) is 11.8. The van der Waals surface area contributed by atoms with Crippen molar-refractivity contribution in [3.8, 4) is 5.75 Å². The maximum Gasteiger partial charge on any atom is 0.230 e. The van der Waals surface area contributed by atoms with E-state index in [0.29, 0.717) is 12.3 Å². The lowest BCUT2D eigenvalue weighted by atomic mass is 10.2. The molecule has 21 heavy (non-hydrogen) atoms. The minimum atomic E-state index is -0.0379. The SMILES string of the molecule is CNc1nnc(SCC(=O)NCc2cccc(OC)c2)s1. The summed E-state index contributed by atoms with van der Waals surface area (Å²) in [5.74, 6) is 1.07. The predicted molar refractivity (Wildman–Crippen MR) is 85.0 cm³/mol. The molecule has 1 aromatic heterocycles. The Morgan fingerprint density at radius 1 is 1.43 bits per heavy atom. The van der Waals surface area contributed by atoms with Crippen LogP contribution in [0.2, 0.25) is 0 Å². The van der Waals surface area contributed by atoms with Gasteiger partial charge < -0.3 is 15.4 Å². The molecular formula is C13H16N4O2S2. The molecule has 0 radical (unpaired) electrons. The molecule has 112 valence electrons. The molecule has 1 heterocycles. The highest BCUT2D eigenvalue weighted by atomic mass is 32.2. The number of carbonyl (C=O) groups excluding carboxylic acids is 1. The average molecular weight is 324 g/mol. The summed E-state index contributed by atoms with van der Waals surface area (Å²) in [7, 11) is 3.41. The second-order valence-corrected chi connectivity index (χ2v) is 6.24. The fourth-order valence-corrected chi connectivity index (χ4v) is 3.07. The number of methoxy groups -OCH3 is 1. The van der Waals surface area contributed by atoms with Gasteiger partial charge in [0.1, 0.15) is 5.75 Å². The van der Waals surface area contributed by atoms with E-state index in [9.17, 15) is 4.79 Å². The number of amides is 1. The minimum Gasteiger partial charge on any atom is -0.497 e. The number of carbonyl (C=O) groups is 1. The molecule has 8 heteroatoms. The van der Waals surface area contributed by atoms with Crippen LogP contribution in [0.4, 0.5) is 5.13 Å². The summed E-state index contributed by atoms with van der Waals surface area (Å²) in [5.41, 5.74) is 1.00. The number of nitrogens with zero attached hydrogens (tertiary/aromatic N) is 2. The van der Waals surface area contributed by atoms with Crippen molar-refractivity contribution in [3.05, 3.63) is 29.8 Å². The van der Waals surface area contributed by atoms with Gasteiger partial charge in [0.2, 0.25) is 11.0 Å². The van der Waals surface area contributed by atoms with Gasteiger partial charge >= 0.3 is 0 Å². The Morgan fingerprint density at radius 3 is 3.00 bits per heavy atom. The number of hydrogen-bond acceptors (Lipinski definition) is 7. The monoisotopic (exact) mass is 324 g/mol. The zero-order valence-electron chi connectivity index (χ0n) is 11.8. The Morgan fingerprint density at radius 2 is 2.29 bits per heavy atom. The summed E-state index contributed by atoms with van der Waals surface area (Å²) in [6.45, 7) is 0.481. The maximum absolute atomic E-state index is 11.8. The summed E-state index contributed by atoms with van der Waals surface area (Å²) < 4.78 is 5.92. The molecule has 0 spiro atoms. The third kappa shape index (κ3) is 4.91. The van der Waals surface area contributed by atoms with Crippen molar-refractivity contribution in [1.82, 2.24) is 15.5 Å². The second kappa shape index (κ2) is 7.84. The number of hydrogen-bond donors (Lipinski definition) is 2. The van der Waals surface area contributed by atoms with Gasteiger partial charge in [0, 0.05) is 13.6 Å². The van der Waals surface area contributed by atoms with Gasteiger partial charge in [-0.25, -0.2) is 0 Å². The summed E-state index contributed by atoms with van der Waals surface area (Å²) >= 11 is 2.80. The van der Waals surface area contributed by atoms with E-state index in [4.69, 9.17) is 4.74 Å². The highest BCUT2D eigenvalue weighted by Gasteiger charge is 2.07. The Hall–Kier alpha value is -1.80. The Labute approximate surface area is 131 Å². The van der Waals surface area contributed by atoms with Crippen molar-refractivity contribution in [1.29, 1.82) is 0 Å². The van der Waals surface area contributed by atoms with Crippen LogP contribution in [0.15, 0.2) is 28.6 Å². The lowest BCUT2D eigenvalue weighted by molar-refractivity contribution is -0.118. The van der Waals surface area contributed by atoms with E-state index >= 15 is 0 Å². The zero-order chi connectivity index (χ0) is 15.1. The zero-order valence-corrected chi connectivity index (χ0v) is 13.4. The van der Waals surface area contributed by atoms with E-state index in [1.54, 1.807) is 14.2 Å². The first kappa shape index (κ1) is 15.6. The van der Waals surface area contributed by atoms with Crippen LogP contribution in [-0.2, 0) is 11.3 Å². The molecule has 0 aliphatic rings. The number of ether oxygens (including phenoxy) is 1. The first-order chi connectivity index (χ1) is 10.2. The van der Waals surface area contributed by atoms with Gasteiger partial charge in [0.05, 0.1) is 12.9 Å². The van der Waals surface area contributed by atoms with Crippen LogP contribution in [0, 0.1) is 0 Å². The average Bonchev–Trinajstić information content (AvgIpc) is 2.99. The first-order valence-corrected chi connectivity index (χ1v) is 8.05. The van der Waals surface area contributed by atoms with E-state index in [0.717, 1.165) is 20.8 Å². The van der Waals surface area contributed by atoms with Gasteiger partial charge in [0.25, 0.3) is 0 Å². The number of benzene rings is 1. The highest BCUT2D eigenvalue weighted by molar-refractivity contribution is 8.01. The fourth-order valence-electron chi connectivity index (χ4n) is 1.53. The van der Waals surface area contributed by atoms with Crippen molar-refractivity contribution in [3.63, 3.8) is 0 Å². The van der Waals surface area contributed by atoms with E-state index in [-0.39, 0.29) is 5.91 Å². The van der Waals surface area contributed by atoms with Crippen molar-refractivity contribution in [2.24, 2.45) is 0 Å². The van der Waals surface area contributed by atoms with Gasteiger partial charge in [-0.05, 0) is 17.7 Å². The Balaban J connectivity index is 1.76. The Bertz CT molecular complexity index is 603. The second-order valence-electron chi connectivity index (χ2n) is 4.04. The van der Waals surface area contributed by atoms with Crippen molar-refractivity contribution >= 4 is 34.1 Å². The van der Waals surface area contributed by atoms with Gasteiger partial charge in [0.15, 0.2) is 4.34 Å². The van der Waals surface area contributed by atoms with E-state index in [2.05, 4.69) is 20.8 Å².